The zero-order valence-electron chi connectivity index (χ0n) is 16.7. The maximum atomic E-state index is 13.0. The van der Waals surface area contributed by atoms with Crippen molar-refractivity contribution in [3.8, 4) is 0 Å². The maximum absolute atomic E-state index is 13.0. The Morgan fingerprint density at radius 3 is 2.42 bits per heavy atom. The molecule has 3 aromatic rings. The van der Waals surface area contributed by atoms with Gasteiger partial charge in [0.25, 0.3) is 5.91 Å². The lowest BCUT2D eigenvalue weighted by Gasteiger charge is -2.12. The number of nitrogens with one attached hydrogen (secondary N) is 3. The molecule has 2 aromatic heterocycles. The number of urea groups is 1. The molecule has 0 atom stereocenters. The number of carbonyl (C=O) groups is 2. The van der Waals surface area contributed by atoms with Gasteiger partial charge in [0.05, 0.1) is 29.6 Å². The molecule has 0 aliphatic carbocycles. The van der Waals surface area contributed by atoms with Crippen molar-refractivity contribution >= 4 is 46.7 Å². The summed E-state index contributed by atoms with van der Waals surface area (Å²) < 4.78 is 38.9. The van der Waals surface area contributed by atoms with E-state index in [0.29, 0.717) is 15.6 Å². The number of amides is 3. The van der Waals surface area contributed by atoms with Crippen LogP contribution in [-0.2, 0) is 11.0 Å². The molecular weight excluding hydrogens is 483 g/mol. The largest absolute Gasteiger partial charge is 0.417 e. The van der Waals surface area contributed by atoms with Gasteiger partial charge in [-0.1, -0.05) is 23.4 Å². The lowest BCUT2D eigenvalue weighted by molar-refractivity contribution is -0.137. The highest BCUT2D eigenvalue weighted by molar-refractivity contribution is 7.99. The van der Waals surface area contributed by atoms with Gasteiger partial charge in [0.2, 0.25) is 0 Å². The van der Waals surface area contributed by atoms with E-state index in [0.717, 1.165) is 12.1 Å². The molecule has 3 rings (SSSR count). The zero-order chi connectivity index (χ0) is 24.0. The number of halogens is 4. The molecule has 2 heterocycles. The minimum Gasteiger partial charge on any atom is -0.308 e. The highest BCUT2D eigenvalue weighted by Gasteiger charge is 2.33. The van der Waals surface area contributed by atoms with Crippen molar-refractivity contribution < 1.29 is 27.6 Å². The second-order valence-electron chi connectivity index (χ2n) is 6.27. The highest BCUT2D eigenvalue weighted by Crippen LogP contribution is 2.36. The summed E-state index contributed by atoms with van der Waals surface area (Å²) in [6, 6.07) is 8.74. The quantitative estimate of drug-likeness (QED) is 0.402. The number of benzene rings is 1. The Morgan fingerprint density at radius 1 is 1.03 bits per heavy atom. The molecule has 0 spiro atoms. The maximum Gasteiger partial charge on any atom is 0.417 e. The van der Waals surface area contributed by atoms with E-state index in [-0.39, 0.29) is 11.4 Å². The second-order valence-corrected chi connectivity index (χ2v) is 7.77. The number of hydrogen-bond acceptors (Lipinski definition) is 6. The van der Waals surface area contributed by atoms with E-state index in [1.807, 2.05) is 0 Å². The average Bonchev–Trinajstić information content (AvgIpc) is 2.76. The monoisotopic (exact) mass is 497 g/mol. The Hall–Kier alpha value is -3.35. The van der Waals surface area contributed by atoms with E-state index in [4.69, 9.17) is 11.6 Å². The number of alkyl halides is 3. The first kappa shape index (κ1) is 24.3. The number of rotatable bonds is 6. The van der Waals surface area contributed by atoms with Gasteiger partial charge in [-0.25, -0.2) is 15.3 Å². The zero-order valence-corrected chi connectivity index (χ0v) is 18.3. The number of hydrogen-bond donors (Lipinski definition) is 3. The van der Waals surface area contributed by atoms with Gasteiger partial charge >= 0.3 is 12.2 Å². The van der Waals surface area contributed by atoms with Crippen LogP contribution in [0.15, 0.2) is 64.8 Å². The fourth-order valence-corrected chi connectivity index (χ4v) is 3.50. The number of hydroxylamine groups is 1. The van der Waals surface area contributed by atoms with Crippen LogP contribution in [0.2, 0.25) is 5.02 Å². The summed E-state index contributed by atoms with van der Waals surface area (Å²) in [7, 11) is 1.31. The second kappa shape index (κ2) is 10.5. The number of carbonyl (C=O) groups excluding carboxylic acids is 2. The van der Waals surface area contributed by atoms with Crippen LogP contribution < -0.4 is 16.1 Å². The standard InChI is InChI=1S/C20H15ClF3N5O3S/c1-32-29-18(30)16-9-13(6-7-25-16)33-17-5-3-12(10-26-17)28-19(31)27-11-2-4-15(21)14(8-11)20(22,23)24/h2-10H,1H3,(H,29,30)(H2,27,28,31). The van der Waals surface area contributed by atoms with Crippen molar-refractivity contribution in [2.75, 3.05) is 17.7 Å². The van der Waals surface area contributed by atoms with Crippen LogP contribution in [0.5, 0.6) is 0 Å². The summed E-state index contributed by atoms with van der Waals surface area (Å²) in [6.07, 6.45) is -1.80. The third kappa shape index (κ3) is 6.81. The minimum atomic E-state index is -4.65. The molecule has 0 radical (unpaired) electrons. The number of pyridine rings is 2. The SMILES string of the molecule is CONC(=O)c1cc(Sc2ccc(NC(=O)Nc3ccc(Cl)c(C(F)(F)F)c3)cn2)ccn1. The summed E-state index contributed by atoms with van der Waals surface area (Å²) in [5, 5.41) is 4.90. The van der Waals surface area contributed by atoms with E-state index in [2.05, 4.69) is 30.9 Å². The fraction of sp³-hybridized carbons (Fsp3) is 0.100. The summed E-state index contributed by atoms with van der Waals surface area (Å²) in [4.78, 5) is 37.3. The first-order valence-corrected chi connectivity index (χ1v) is 10.2. The van der Waals surface area contributed by atoms with Crippen molar-refractivity contribution in [3.05, 3.63) is 71.1 Å². The number of nitrogens with zero attached hydrogens (tertiary/aromatic N) is 2. The van der Waals surface area contributed by atoms with Gasteiger partial charge in [-0.05, 0) is 42.5 Å². The molecule has 8 nitrogen and oxygen atoms in total. The Bertz CT molecular complexity index is 1160. The first-order chi connectivity index (χ1) is 15.7. The molecule has 0 aliphatic rings. The fourth-order valence-electron chi connectivity index (χ4n) is 2.49. The molecule has 33 heavy (non-hydrogen) atoms. The molecular formula is C20H15ClF3N5O3S. The number of anilines is 2. The number of aromatic nitrogens is 2. The van der Waals surface area contributed by atoms with Crippen LogP contribution in [0.1, 0.15) is 16.1 Å². The Morgan fingerprint density at radius 2 is 1.76 bits per heavy atom. The van der Waals surface area contributed by atoms with Crippen molar-refractivity contribution in [3.63, 3.8) is 0 Å². The van der Waals surface area contributed by atoms with Crippen LogP contribution in [0, 0.1) is 0 Å². The Labute approximate surface area is 194 Å². The molecule has 0 saturated carbocycles. The molecule has 0 aliphatic heterocycles. The summed E-state index contributed by atoms with van der Waals surface area (Å²) >= 11 is 6.82. The summed E-state index contributed by atoms with van der Waals surface area (Å²) in [5.74, 6) is -0.499. The van der Waals surface area contributed by atoms with Crippen molar-refractivity contribution in [2.24, 2.45) is 0 Å². The lowest BCUT2D eigenvalue weighted by atomic mass is 10.2. The molecule has 3 amide bonds. The average molecular weight is 498 g/mol. The molecule has 0 fully saturated rings. The van der Waals surface area contributed by atoms with Gasteiger partial charge in [0.15, 0.2) is 0 Å². The van der Waals surface area contributed by atoms with E-state index in [9.17, 15) is 22.8 Å². The first-order valence-electron chi connectivity index (χ1n) is 9.04. The van der Waals surface area contributed by atoms with E-state index < -0.39 is 28.7 Å². The van der Waals surface area contributed by atoms with Crippen molar-refractivity contribution in [2.45, 2.75) is 16.1 Å². The predicted molar refractivity (Wildman–Crippen MR) is 116 cm³/mol. The Kier molecular flexibility index (Phi) is 7.74. The van der Waals surface area contributed by atoms with E-state index in [1.165, 1.54) is 37.3 Å². The third-order valence-corrected chi connectivity index (χ3v) is 5.17. The molecule has 1 aromatic carbocycles. The van der Waals surface area contributed by atoms with Crippen LogP contribution in [0.25, 0.3) is 0 Å². The predicted octanol–water partition coefficient (Wildman–Crippen LogP) is 5.24. The van der Waals surface area contributed by atoms with Gasteiger partial charge in [-0.3, -0.25) is 14.6 Å². The van der Waals surface area contributed by atoms with Crippen LogP contribution >= 0.6 is 23.4 Å². The molecule has 172 valence electrons. The topological polar surface area (TPSA) is 105 Å². The van der Waals surface area contributed by atoms with Crippen molar-refractivity contribution in [1.29, 1.82) is 0 Å². The molecule has 0 bridgehead atoms. The van der Waals surface area contributed by atoms with E-state index in [1.54, 1.807) is 24.3 Å². The third-order valence-electron chi connectivity index (χ3n) is 3.91. The van der Waals surface area contributed by atoms with Crippen molar-refractivity contribution in [1.82, 2.24) is 15.4 Å². The van der Waals surface area contributed by atoms with Gasteiger partial charge in [-0.15, -0.1) is 0 Å². The smallest absolute Gasteiger partial charge is 0.308 e. The summed E-state index contributed by atoms with van der Waals surface area (Å²) in [5.41, 5.74) is 1.53. The van der Waals surface area contributed by atoms with Gasteiger partial charge < -0.3 is 10.6 Å². The van der Waals surface area contributed by atoms with Gasteiger partial charge in [-0.2, -0.15) is 13.2 Å². The molecule has 3 N–H and O–H groups in total. The van der Waals surface area contributed by atoms with Crippen LogP contribution in [-0.4, -0.2) is 29.0 Å². The van der Waals surface area contributed by atoms with E-state index >= 15 is 0 Å². The van der Waals surface area contributed by atoms with Gasteiger partial charge in [0, 0.05) is 16.8 Å². The normalized spacial score (nSPS) is 11.1. The van der Waals surface area contributed by atoms with Gasteiger partial charge in [0.1, 0.15) is 10.7 Å². The molecule has 0 saturated heterocycles. The summed E-state index contributed by atoms with van der Waals surface area (Å²) in [6.45, 7) is 0. The molecule has 0 unspecified atom stereocenters. The molecule has 13 heteroatoms. The Balaban J connectivity index is 1.61. The minimum absolute atomic E-state index is 0.0737. The van der Waals surface area contributed by atoms with Crippen LogP contribution in [0.3, 0.4) is 0 Å². The van der Waals surface area contributed by atoms with Crippen LogP contribution in [0.4, 0.5) is 29.3 Å². The highest BCUT2D eigenvalue weighted by atomic mass is 35.5. The lowest BCUT2D eigenvalue weighted by Crippen LogP contribution is -2.22.